The Morgan fingerprint density at radius 1 is 1.58 bits per heavy atom. The summed E-state index contributed by atoms with van der Waals surface area (Å²) < 4.78 is 12.6. The van der Waals surface area contributed by atoms with Gasteiger partial charge in [-0.2, -0.15) is 0 Å². The van der Waals surface area contributed by atoms with E-state index < -0.39 is 5.82 Å². The molecule has 0 aliphatic heterocycles. The quantitative estimate of drug-likeness (QED) is 0.402. The molecule has 1 rings (SSSR count). The molecule has 0 bridgehead atoms. The summed E-state index contributed by atoms with van der Waals surface area (Å²) in [5.41, 5.74) is 7.89. The fourth-order valence-corrected chi connectivity index (χ4v) is 0.699. The lowest BCUT2D eigenvalue weighted by molar-refractivity contribution is -0.126. The smallest absolute Gasteiger partial charge is 0.320 e. The van der Waals surface area contributed by atoms with Crippen molar-refractivity contribution in [1.29, 1.82) is 0 Å². The number of anilines is 2. The Morgan fingerprint density at radius 2 is 2.33 bits per heavy atom. The molecule has 0 spiro atoms. The summed E-state index contributed by atoms with van der Waals surface area (Å²) in [7, 11) is 0. The third kappa shape index (κ3) is 1.85. The molecule has 4 nitrogen and oxygen atoms in total. The molecule has 1 aromatic carbocycles. The Labute approximate surface area is 68.1 Å². The fraction of sp³-hybridized carbons (Fsp3) is 0. The number of benzene rings is 1. The van der Waals surface area contributed by atoms with E-state index in [-0.39, 0.29) is 12.2 Å². The maximum Gasteiger partial charge on any atom is 0.320 e. The lowest BCUT2D eigenvalue weighted by Crippen LogP contribution is -2.00. The zero-order valence-corrected chi connectivity index (χ0v) is 6.08. The van der Waals surface area contributed by atoms with Crippen LogP contribution in [0, 0.1) is 5.82 Å². The van der Waals surface area contributed by atoms with Gasteiger partial charge in [-0.15, -0.1) is 0 Å². The van der Waals surface area contributed by atoms with E-state index in [1.165, 1.54) is 18.2 Å². The van der Waals surface area contributed by atoms with E-state index in [9.17, 15) is 9.18 Å². The molecule has 5 heteroatoms. The van der Waals surface area contributed by atoms with Crippen molar-refractivity contribution < 1.29 is 14.0 Å². The van der Waals surface area contributed by atoms with Crippen LogP contribution in [0.2, 0.25) is 0 Å². The molecular formula is C7H7FN2O2. The molecule has 0 radical (unpaired) electrons. The van der Waals surface area contributed by atoms with Crippen molar-refractivity contribution in [2.45, 2.75) is 0 Å². The largest absolute Gasteiger partial charge is 0.396 e. The molecule has 0 atom stereocenters. The summed E-state index contributed by atoms with van der Waals surface area (Å²) in [6.07, 6.45) is 0. The van der Waals surface area contributed by atoms with E-state index >= 15 is 0 Å². The molecule has 0 unspecified atom stereocenters. The molecule has 0 saturated carbocycles. The first-order valence-electron chi connectivity index (χ1n) is 3.14. The van der Waals surface area contributed by atoms with Crippen molar-refractivity contribution in [1.82, 2.24) is 0 Å². The Balaban J connectivity index is 2.75. The first-order chi connectivity index (χ1) is 5.74. The summed E-state index contributed by atoms with van der Waals surface area (Å²) in [5, 5.41) is 0. The van der Waals surface area contributed by atoms with Crippen molar-refractivity contribution in [3.8, 4) is 0 Å². The minimum Gasteiger partial charge on any atom is -0.396 e. The average molecular weight is 170 g/mol. The Bertz CT molecular complexity index is 291. The van der Waals surface area contributed by atoms with E-state index in [4.69, 9.17) is 5.73 Å². The highest BCUT2D eigenvalue weighted by Crippen LogP contribution is 2.15. The van der Waals surface area contributed by atoms with E-state index in [2.05, 4.69) is 10.3 Å². The summed E-state index contributed by atoms with van der Waals surface area (Å²) in [6, 6.07) is 3.89. The molecule has 12 heavy (non-hydrogen) atoms. The van der Waals surface area contributed by atoms with Gasteiger partial charge in [-0.3, -0.25) is 4.79 Å². The number of nitrogens with two attached hydrogens (primary N) is 1. The SMILES string of the molecule is Nc1cc(NOC=O)ccc1F. The molecule has 64 valence electrons. The second-order valence-corrected chi connectivity index (χ2v) is 2.05. The van der Waals surface area contributed by atoms with Gasteiger partial charge in [-0.05, 0) is 18.2 Å². The number of rotatable bonds is 3. The van der Waals surface area contributed by atoms with Crippen LogP contribution in [0.3, 0.4) is 0 Å². The number of nitrogen functional groups attached to an aromatic ring is 1. The number of carbonyl (C=O) groups excluding carboxylic acids is 1. The number of hydrogen-bond acceptors (Lipinski definition) is 4. The normalized spacial score (nSPS) is 9.08. The van der Waals surface area contributed by atoms with Gasteiger partial charge in [0.25, 0.3) is 0 Å². The molecule has 0 aliphatic carbocycles. The number of carbonyl (C=O) groups is 1. The third-order valence-electron chi connectivity index (χ3n) is 1.22. The van der Waals surface area contributed by atoms with E-state index in [0.29, 0.717) is 5.69 Å². The van der Waals surface area contributed by atoms with Gasteiger partial charge in [0.05, 0.1) is 11.4 Å². The molecular weight excluding hydrogens is 163 g/mol. The standard InChI is InChI=1S/C7H7FN2O2/c8-6-2-1-5(3-7(6)9)10-12-4-11/h1-4,10H,9H2. The van der Waals surface area contributed by atoms with Crippen molar-refractivity contribution in [2.75, 3.05) is 11.2 Å². The topological polar surface area (TPSA) is 64.3 Å². The van der Waals surface area contributed by atoms with Gasteiger partial charge in [0.2, 0.25) is 0 Å². The van der Waals surface area contributed by atoms with Gasteiger partial charge in [0.1, 0.15) is 5.82 Å². The predicted molar refractivity (Wildman–Crippen MR) is 41.6 cm³/mol. The molecule has 0 heterocycles. The highest BCUT2D eigenvalue weighted by atomic mass is 19.1. The van der Waals surface area contributed by atoms with Crippen LogP contribution in [0.25, 0.3) is 0 Å². The third-order valence-corrected chi connectivity index (χ3v) is 1.22. The second kappa shape index (κ2) is 3.56. The first-order valence-corrected chi connectivity index (χ1v) is 3.14. The number of halogens is 1. The Kier molecular flexibility index (Phi) is 2.47. The van der Waals surface area contributed by atoms with Crippen LogP contribution in [-0.4, -0.2) is 6.47 Å². The van der Waals surface area contributed by atoms with Crippen molar-refractivity contribution in [2.24, 2.45) is 0 Å². The van der Waals surface area contributed by atoms with Gasteiger partial charge in [-0.1, -0.05) is 0 Å². The zero-order chi connectivity index (χ0) is 8.97. The summed E-state index contributed by atoms with van der Waals surface area (Å²) >= 11 is 0. The van der Waals surface area contributed by atoms with Crippen LogP contribution < -0.4 is 11.2 Å². The van der Waals surface area contributed by atoms with Crippen LogP contribution in [0.5, 0.6) is 0 Å². The van der Waals surface area contributed by atoms with Gasteiger partial charge in [-0.25, -0.2) is 9.87 Å². The summed E-state index contributed by atoms with van der Waals surface area (Å²) in [6.45, 7) is 0.222. The predicted octanol–water partition coefficient (Wildman–Crippen LogP) is 0.908. The molecule has 0 amide bonds. The highest BCUT2D eigenvalue weighted by Gasteiger charge is 1.98. The van der Waals surface area contributed by atoms with Crippen LogP contribution in [0.15, 0.2) is 18.2 Å². The fourth-order valence-electron chi connectivity index (χ4n) is 0.699. The van der Waals surface area contributed by atoms with Crippen molar-refractivity contribution in [3.63, 3.8) is 0 Å². The second-order valence-electron chi connectivity index (χ2n) is 2.05. The van der Waals surface area contributed by atoms with Crippen LogP contribution >= 0.6 is 0 Å². The lowest BCUT2D eigenvalue weighted by atomic mass is 10.3. The van der Waals surface area contributed by atoms with Gasteiger partial charge >= 0.3 is 6.47 Å². The molecule has 1 aromatic rings. The maximum absolute atomic E-state index is 12.6. The molecule has 0 saturated heterocycles. The van der Waals surface area contributed by atoms with Crippen molar-refractivity contribution in [3.05, 3.63) is 24.0 Å². The monoisotopic (exact) mass is 170 g/mol. The molecule has 0 aliphatic rings. The molecule has 0 aromatic heterocycles. The van der Waals surface area contributed by atoms with Crippen LogP contribution in [0.4, 0.5) is 15.8 Å². The van der Waals surface area contributed by atoms with Crippen molar-refractivity contribution >= 4 is 17.8 Å². The summed E-state index contributed by atoms with van der Waals surface area (Å²) in [4.78, 5) is 13.9. The highest BCUT2D eigenvalue weighted by molar-refractivity contribution is 5.55. The first kappa shape index (κ1) is 8.32. The van der Waals surface area contributed by atoms with Crippen LogP contribution in [-0.2, 0) is 9.63 Å². The number of nitrogens with one attached hydrogen (secondary N) is 1. The Hall–Kier alpha value is -1.78. The summed E-state index contributed by atoms with van der Waals surface area (Å²) in [5.74, 6) is -0.508. The van der Waals surface area contributed by atoms with E-state index in [1.807, 2.05) is 0 Å². The minimum atomic E-state index is -0.508. The van der Waals surface area contributed by atoms with Crippen LogP contribution in [0.1, 0.15) is 0 Å². The number of hydrogen-bond donors (Lipinski definition) is 2. The molecule has 3 N–H and O–H groups in total. The lowest BCUT2D eigenvalue weighted by Gasteiger charge is -2.03. The minimum absolute atomic E-state index is 0.00509. The van der Waals surface area contributed by atoms with E-state index in [1.54, 1.807) is 0 Å². The zero-order valence-electron chi connectivity index (χ0n) is 6.08. The van der Waals surface area contributed by atoms with E-state index in [0.717, 1.165) is 0 Å². The maximum atomic E-state index is 12.6. The van der Waals surface area contributed by atoms with Gasteiger partial charge < -0.3 is 10.6 Å². The molecule has 0 fully saturated rings. The van der Waals surface area contributed by atoms with Gasteiger partial charge in [0.15, 0.2) is 0 Å². The Morgan fingerprint density at radius 3 is 2.92 bits per heavy atom. The average Bonchev–Trinajstić information content (AvgIpc) is 2.07. The van der Waals surface area contributed by atoms with Gasteiger partial charge in [0, 0.05) is 0 Å².